The van der Waals surface area contributed by atoms with E-state index in [1.165, 1.54) is 11.2 Å². The van der Waals surface area contributed by atoms with Crippen LogP contribution in [0.1, 0.15) is 18.6 Å². The fraction of sp³-hybridized carbons (Fsp3) is 0.400. The third kappa shape index (κ3) is 6.88. The molecule has 1 aliphatic heterocycles. The smallest absolute Gasteiger partial charge is 0.241 e. The van der Waals surface area contributed by atoms with E-state index in [1.807, 2.05) is 0 Å². The highest BCUT2D eigenvalue weighted by atomic mass is 32.2. The van der Waals surface area contributed by atoms with Crippen molar-refractivity contribution in [3.63, 3.8) is 0 Å². The van der Waals surface area contributed by atoms with Crippen LogP contribution in [0, 0.1) is 5.82 Å². The second-order valence-corrected chi connectivity index (χ2v) is 8.81. The molecule has 11 heteroatoms. The second-order valence-electron chi connectivity index (χ2n) is 7.05. The molecule has 1 atom stereocenters. The van der Waals surface area contributed by atoms with Crippen LogP contribution in [0.2, 0.25) is 0 Å². The van der Waals surface area contributed by atoms with Crippen molar-refractivity contribution < 1.29 is 31.6 Å². The Bertz CT molecular complexity index is 973. The fourth-order valence-corrected chi connectivity index (χ4v) is 4.03. The number of benzene rings is 1. The summed E-state index contributed by atoms with van der Waals surface area (Å²) in [7, 11) is -4.02. The molecule has 2 heterocycles. The number of amides is 2. The minimum absolute atomic E-state index is 0.00252. The summed E-state index contributed by atoms with van der Waals surface area (Å²) in [5.74, 6) is -1.14. The molecule has 1 saturated heterocycles. The number of carbonyl (C=O) groups is 2. The van der Waals surface area contributed by atoms with Crippen LogP contribution in [0.5, 0.6) is 0 Å². The summed E-state index contributed by atoms with van der Waals surface area (Å²) in [6, 6.07) is 7.51. The van der Waals surface area contributed by atoms with Gasteiger partial charge in [-0.1, -0.05) is 0 Å². The summed E-state index contributed by atoms with van der Waals surface area (Å²) in [6.45, 7) is 0.165. The third-order valence-corrected chi connectivity index (χ3v) is 6.12. The number of sulfonamides is 1. The molecule has 1 aromatic heterocycles. The summed E-state index contributed by atoms with van der Waals surface area (Å²) in [5, 5.41) is 2.73. The van der Waals surface area contributed by atoms with Crippen LogP contribution in [0.4, 0.5) is 4.39 Å². The first-order valence-electron chi connectivity index (χ1n) is 9.77. The Labute approximate surface area is 179 Å². The van der Waals surface area contributed by atoms with Gasteiger partial charge in [-0.05, 0) is 49.2 Å². The van der Waals surface area contributed by atoms with Crippen molar-refractivity contribution >= 4 is 21.8 Å². The molecule has 0 bridgehead atoms. The summed E-state index contributed by atoms with van der Waals surface area (Å²) in [6.07, 6.45) is 3.20. The average Bonchev–Trinajstić information content (AvgIpc) is 3.44. The van der Waals surface area contributed by atoms with Crippen LogP contribution >= 0.6 is 0 Å². The second kappa shape index (κ2) is 10.5. The number of rotatable bonds is 10. The SMILES string of the molecule is O=C(CN(Cc1ccco1)C(=O)CNS(=O)(=O)c1ccc(F)cc1)NC[C@H]1CCCO1. The van der Waals surface area contributed by atoms with Crippen LogP contribution in [0.25, 0.3) is 0 Å². The molecule has 0 spiro atoms. The van der Waals surface area contributed by atoms with Crippen molar-refractivity contribution in [2.45, 2.75) is 30.4 Å². The minimum atomic E-state index is -4.02. The van der Waals surface area contributed by atoms with E-state index in [9.17, 15) is 22.4 Å². The molecule has 1 aromatic carbocycles. The zero-order valence-corrected chi connectivity index (χ0v) is 17.6. The van der Waals surface area contributed by atoms with Gasteiger partial charge < -0.3 is 19.4 Å². The maximum absolute atomic E-state index is 13.0. The zero-order valence-electron chi connectivity index (χ0n) is 16.8. The van der Waals surface area contributed by atoms with Gasteiger partial charge in [-0.3, -0.25) is 9.59 Å². The van der Waals surface area contributed by atoms with Gasteiger partial charge in [0.1, 0.15) is 18.1 Å². The molecule has 1 fully saturated rings. The van der Waals surface area contributed by atoms with Crippen LogP contribution in [-0.4, -0.2) is 57.5 Å². The Morgan fingerprint density at radius 2 is 1.97 bits per heavy atom. The molecule has 31 heavy (non-hydrogen) atoms. The van der Waals surface area contributed by atoms with Gasteiger partial charge in [-0.15, -0.1) is 0 Å². The summed E-state index contributed by atoms with van der Waals surface area (Å²) in [4.78, 5) is 26.0. The number of hydrogen-bond donors (Lipinski definition) is 2. The molecular weight excluding hydrogens is 429 g/mol. The Balaban J connectivity index is 1.59. The Morgan fingerprint density at radius 1 is 1.19 bits per heavy atom. The number of furan rings is 1. The van der Waals surface area contributed by atoms with Crippen molar-refractivity contribution in [2.75, 3.05) is 26.2 Å². The number of carbonyl (C=O) groups excluding carboxylic acids is 2. The number of nitrogens with zero attached hydrogens (tertiary/aromatic N) is 1. The molecule has 9 nitrogen and oxygen atoms in total. The van der Waals surface area contributed by atoms with Crippen LogP contribution in [-0.2, 0) is 30.9 Å². The summed E-state index contributed by atoms with van der Waals surface area (Å²) < 4.78 is 50.6. The topological polar surface area (TPSA) is 118 Å². The van der Waals surface area contributed by atoms with Gasteiger partial charge in [-0.2, -0.15) is 0 Å². The highest BCUT2D eigenvalue weighted by Gasteiger charge is 2.23. The van der Waals surface area contributed by atoms with E-state index in [-0.39, 0.29) is 24.1 Å². The lowest BCUT2D eigenvalue weighted by atomic mass is 10.2. The van der Waals surface area contributed by atoms with E-state index in [2.05, 4.69) is 10.0 Å². The van der Waals surface area contributed by atoms with Crippen LogP contribution in [0.3, 0.4) is 0 Å². The third-order valence-electron chi connectivity index (χ3n) is 4.70. The average molecular weight is 453 g/mol. The van der Waals surface area contributed by atoms with Gasteiger partial charge in [0.15, 0.2) is 0 Å². The van der Waals surface area contributed by atoms with E-state index in [4.69, 9.17) is 9.15 Å². The molecule has 2 N–H and O–H groups in total. The predicted octanol–water partition coefficient (Wildman–Crippen LogP) is 1.02. The minimum Gasteiger partial charge on any atom is -0.467 e. The first-order chi connectivity index (χ1) is 14.8. The fourth-order valence-electron chi connectivity index (χ4n) is 3.05. The quantitative estimate of drug-likeness (QED) is 0.555. The first kappa shape index (κ1) is 22.9. The molecule has 2 aromatic rings. The maximum Gasteiger partial charge on any atom is 0.241 e. The molecular formula is C20H24FN3O6S. The van der Waals surface area contributed by atoms with Crippen molar-refractivity contribution in [1.29, 1.82) is 0 Å². The van der Waals surface area contributed by atoms with Gasteiger partial charge >= 0.3 is 0 Å². The molecule has 0 unspecified atom stereocenters. The Hall–Kier alpha value is -2.76. The lowest BCUT2D eigenvalue weighted by Crippen LogP contribution is -2.45. The molecule has 1 aliphatic rings. The predicted molar refractivity (Wildman–Crippen MR) is 108 cm³/mol. The monoisotopic (exact) mass is 453 g/mol. The normalized spacial score (nSPS) is 16.2. The molecule has 2 amide bonds. The number of ether oxygens (including phenoxy) is 1. The molecule has 0 saturated carbocycles. The summed E-state index contributed by atoms with van der Waals surface area (Å²) in [5.41, 5.74) is 0. The molecule has 168 valence electrons. The lowest BCUT2D eigenvalue weighted by Gasteiger charge is -2.22. The van der Waals surface area contributed by atoms with Gasteiger partial charge in [0.2, 0.25) is 21.8 Å². The lowest BCUT2D eigenvalue weighted by molar-refractivity contribution is -0.136. The van der Waals surface area contributed by atoms with Gasteiger partial charge in [0, 0.05) is 13.2 Å². The highest BCUT2D eigenvalue weighted by Crippen LogP contribution is 2.12. The number of hydrogen-bond acceptors (Lipinski definition) is 6. The van der Waals surface area contributed by atoms with Crippen LogP contribution in [0.15, 0.2) is 52.0 Å². The summed E-state index contributed by atoms with van der Waals surface area (Å²) >= 11 is 0. The first-order valence-corrected chi connectivity index (χ1v) is 11.3. The number of nitrogens with one attached hydrogen (secondary N) is 2. The van der Waals surface area contributed by atoms with Gasteiger partial charge in [0.05, 0.1) is 30.4 Å². The maximum atomic E-state index is 13.0. The van der Waals surface area contributed by atoms with E-state index in [0.29, 0.717) is 18.9 Å². The van der Waals surface area contributed by atoms with E-state index in [0.717, 1.165) is 37.1 Å². The zero-order chi connectivity index (χ0) is 22.3. The van der Waals surface area contributed by atoms with Gasteiger partial charge in [0.25, 0.3) is 0 Å². The van der Waals surface area contributed by atoms with E-state index >= 15 is 0 Å². The molecule has 0 aliphatic carbocycles. The number of halogens is 1. The van der Waals surface area contributed by atoms with Crippen molar-refractivity contribution in [1.82, 2.24) is 14.9 Å². The molecule has 3 rings (SSSR count). The Kier molecular flexibility index (Phi) is 7.77. The largest absolute Gasteiger partial charge is 0.467 e. The van der Waals surface area contributed by atoms with Crippen molar-refractivity contribution in [3.05, 3.63) is 54.2 Å². The van der Waals surface area contributed by atoms with Gasteiger partial charge in [-0.25, -0.2) is 17.5 Å². The highest BCUT2D eigenvalue weighted by molar-refractivity contribution is 7.89. The standard InChI is InChI=1S/C20H24FN3O6S/c21-15-5-7-18(8-6-15)31(27,28)23-12-20(26)24(13-17-4-2-10-30-17)14-19(25)22-11-16-3-1-9-29-16/h2,4-8,10,16,23H,1,3,9,11-14H2,(H,22,25)/t16-/m1/s1. The van der Waals surface area contributed by atoms with E-state index < -0.39 is 34.2 Å². The molecule has 0 radical (unpaired) electrons. The van der Waals surface area contributed by atoms with Crippen LogP contribution < -0.4 is 10.0 Å². The Morgan fingerprint density at radius 3 is 2.61 bits per heavy atom. The van der Waals surface area contributed by atoms with Crippen molar-refractivity contribution in [3.8, 4) is 0 Å². The van der Waals surface area contributed by atoms with Crippen molar-refractivity contribution in [2.24, 2.45) is 0 Å². The van der Waals surface area contributed by atoms with E-state index in [1.54, 1.807) is 12.1 Å².